The lowest BCUT2D eigenvalue weighted by atomic mass is 10.1. The van der Waals surface area contributed by atoms with Crippen molar-refractivity contribution < 1.29 is 19.4 Å². The molecule has 5 nitrogen and oxygen atoms in total. The quantitative estimate of drug-likeness (QED) is 0.610. The maximum Gasteiger partial charge on any atom is 0.303 e. The summed E-state index contributed by atoms with van der Waals surface area (Å²) in [4.78, 5) is 10.4. The van der Waals surface area contributed by atoms with Crippen LogP contribution in [0.25, 0.3) is 0 Å². The Bertz CT molecular complexity index is 219. The van der Waals surface area contributed by atoms with Crippen LogP contribution in [0.5, 0.6) is 0 Å². The topological polar surface area (TPSA) is 81.8 Å². The van der Waals surface area contributed by atoms with Crippen molar-refractivity contribution in [3.8, 4) is 0 Å². The molecule has 17 heavy (non-hydrogen) atoms. The molecule has 0 spiro atoms. The molecule has 3 N–H and O–H groups in total. The van der Waals surface area contributed by atoms with E-state index in [1.165, 1.54) is 0 Å². The predicted octanol–water partition coefficient (Wildman–Crippen LogP) is 1.40. The van der Waals surface area contributed by atoms with Gasteiger partial charge in [-0.2, -0.15) is 0 Å². The maximum atomic E-state index is 10.4. The first-order valence-corrected chi connectivity index (χ1v) is 6.05. The number of ether oxygens (including phenoxy) is 2. The molecule has 0 amide bonds. The van der Waals surface area contributed by atoms with E-state index in [-0.39, 0.29) is 18.1 Å². The largest absolute Gasteiger partial charge is 0.481 e. The summed E-state index contributed by atoms with van der Waals surface area (Å²) in [6.45, 7) is 7.50. The van der Waals surface area contributed by atoms with Gasteiger partial charge in [-0.15, -0.1) is 0 Å². The summed E-state index contributed by atoms with van der Waals surface area (Å²) in [5, 5.41) is 8.53. The van der Waals surface area contributed by atoms with Gasteiger partial charge in [-0.1, -0.05) is 0 Å². The van der Waals surface area contributed by atoms with Gasteiger partial charge in [0, 0.05) is 19.6 Å². The van der Waals surface area contributed by atoms with E-state index in [0.717, 1.165) is 6.42 Å². The maximum absolute atomic E-state index is 10.4. The number of hydrogen-bond donors (Lipinski definition) is 2. The molecule has 0 saturated heterocycles. The van der Waals surface area contributed by atoms with Crippen LogP contribution < -0.4 is 5.73 Å². The number of carboxylic acids is 1. The van der Waals surface area contributed by atoms with Gasteiger partial charge in [-0.25, -0.2) is 0 Å². The highest BCUT2D eigenvalue weighted by atomic mass is 16.5. The lowest BCUT2D eigenvalue weighted by Crippen LogP contribution is -2.29. The fourth-order valence-corrected chi connectivity index (χ4v) is 1.32. The summed E-state index contributed by atoms with van der Waals surface area (Å²) in [5.74, 6) is -0.785. The summed E-state index contributed by atoms with van der Waals surface area (Å²) >= 11 is 0. The van der Waals surface area contributed by atoms with Crippen molar-refractivity contribution >= 4 is 5.97 Å². The van der Waals surface area contributed by atoms with Gasteiger partial charge in [0.2, 0.25) is 0 Å². The smallest absolute Gasteiger partial charge is 0.303 e. The third-order valence-electron chi connectivity index (χ3n) is 2.48. The van der Waals surface area contributed by atoms with Crippen LogP contribution in [0, 0.1) is 0 Å². The molecule has 0 heterocycles. The fraction of sp³-hybridized carbons (Fsp3) is 0.917. The molecule has 0 bridgehead atoms. The highest BCUT2D eigenvalue weighted by molar-refractivity contribution is 5.66. The van der Waals surface area contributed by atoms with Crippen molar-refractivity contribution in [1.29, 1.82) is 0 Å². The Morgan fingerprint density at radius 2 is 2.06 bits per heavy atom. The van der Waals surface area contributed by atoms with Gasteiger partial charge in [0.1, 0.15) is 0 Å². The summed E-state index contributed by atoms with van der Waals surface area (Å²) < 4.78 is 11.1. The lowest BCUT2D eigenvalue weighted by Gasteiger charge is -2.25. The van der Waals surface area contributed by atoms with Crippen LogP contribution in [0.4, 0.5) is 0 Å². The first kappa shape index (κ1) is 16.4. The number of carbonyl (C=O) groups is 1. The van der Waals surface area contributed by atoms with Gasteiger partial charge >= 0.3 is 5.97 Å². The van der Waals surface area contributed by atoms with Crippen LogP contribution in [0.3, 0.4) is 0 Å². The first-order valence-electron chi connectivity index (χ1n) is 6.05. The molecule has 0 aromatic heterocycles. The van der Waals surface area contributed by atoms with Gasteiger partial charge < -0.3 is 20.3 Å². The molecule has 0 fully saturated rings. The van der Waals surface area contributed by atoms with Gasteiger partial charge in [0.05, 0.1) is 18.3 Å². The van der Waals surface area contributed by atoms with E-state index in [1.807, 2.05) is 20.8 Å². The second-order valence-electron chi connectivity index (χ2n) is 4.76. The van der Waals surface area contributed by atoms with Crippen LogP contribution >= 0.6 is 0 Å². The average Bonchev–Trinajstić information content (AvgIpc) is 2.23. The zero-order valence-electron chi connectivity index (χ0n) is 11.1. The SMILES string of the molecule is CC(CCC(=O)O)OCCC(C)(C)OCCN. The summed E-state index contributed by atoms with van der Waals surface area (Å²) in [6.07, 6.45) is 1.43. The van der Waals surface area contributed by atoms with Crippen LogP contribution in [0.1, 0.15) is 40.0 Å². The summed E-state index contributed by atoms with van der Waals surface area (Å²) in [6, 6.07) is 0. The Balaban J connectivity index is 3.63. The van der Waals surface area contributed by atoms with Crippen LogP contribution in [0.15, 0.2) is 0 Å². The zero-order chi connectivity index (χ0) is 13.3. The normalized spacial score (nSPS) is 13.6. The molecule has 0 aliphatic carbocycles. The molecule has 0 saturated carbocycles. The van der Waals surface area contributed by atoms with Crippen molar-refractivity contribution in [3.63, 3.8) is 0 Å². The number of hydrogen-bond acceptors (Lipinski definition) is 4. The first-order chi connectivity index (χ1) is 7.87. The molecule has 0 aromatic carbocycles. The standard InChI is InChI=1S/C12H25NO4/c1-10(4-5-11(14)15)16-8-6-12(2,3)17-9-7-13/h10H,4-9,13H2,1-3H3,(H,14,15). The minimum absolute atomic E-state index is 0.0311. The predicted molar refractivity (Wildman–Crippen MR) is 66.0 cm³/mol. The molecule has 5 heteroatoms. The molecule has 1 unspecified atom stereocenters. The van der Waals surface area contributed by atoms with Gasteiger partial charge in [-0.3, -0.25) is 4.79 Å². The lowest BCUT2D eigenvalue weighted by molar-refractivity contribution is -0.137. The monoisotopic (exact) mass is 247 g/mol. The van der Waals surface area contributed by atoms with Gasteiger partial charge in [0.25, 0.3) is 0 Å². The average molecular weight is 247 g/mol. The number of nitrogens with two attached hydrogens (primary N) is 1. The van der Waals surface area contributed by atoms with Crippen molar-refractivity contribution in [3.05, 3.63) is 0 Å². The fourth-order valence-electron chi connectivity index (χ4n) is 1.32. The molecule has 102 valence electrons. The van der Waals surface area contributed by atoms with Crippen molar-refractivity contribution in [2.45, 2.75) is 51.7 Å². The van der Waals surface area contributed by atoms with E-state index >= 15 is 0 Å². The van der Waals surface area contributed by atoms with Crippen molar-refractivity contribution in [2.24, 2.45) is 5.73 Å². The molecule has 0 aromatic rings. The molecule has 0 radical (unpaired) electrons. The van der Waals surface area contributed by atoms with Crippen LogP contribution in [-0.2, 0) is 14.3 Å². The molecule has 0 aliphatic heterocycles. The molecule has 0 rings (SSSR count). The molecular formula is C12H25NO4. The van der Waals surface area contributed by atoms with Gasteiger partial charge in [0.15, 0.2) is 0 Å². The van der Waals surface area contributed by atoms with Crippen molar-refractivity contribution in [2.75, 3.05) is 19.8 Å². The minimum Gasteiger partial charge on any atom is -0.481 e. The zero-order valence-corrected chi connectivity index (χ0v) is 11.1. The summed E-state index contributed by atoms with van der Waals surface area (Å²) in [7, 11) is 0. The molecular weight excluding hydrogens is 222 g/mol. The van der Waals surface area contributed by atoms with E-state index in [0.29, 0.717) is 26.2 Å². The highest BCUT2D eigenvalue weighted by Gasteiger charge is 2.18. The van der Waals surface area contributed by atoms with E-state index in [4.69, 9.17) is 20.3 Å². The van der Waals surface area contributed by atoms with Crippen molar-refractivity contribution in [1.82, 2.24) is 0 Å². The second-order valence-corrected chi connectivity index (χ2v) is 4.76. The molecule has 1 atom stereocenters. The molecule has 0 aliphatic rings. The van der Waals surface area contributed by atoms with Gasteiger partial charge in [-0.05, 0) is 33.6 Å². The number of aliphatic carboxylic acids is 1. The number of rotatable bonds is 10. The number of carboxylic acid groups (broad SMARTS) is 1. The van der Waals surface area contributed by atoms with Crippen LogP contribution in [-0.4, -0.2) is 42.5 Å². The minimum atomic E-state index is -0.785. The van der Waals surface area contributed by atoms with Crippen LogP contribution in [0.2, 0.25) is 0 Å². The third kappa shape index (κ3) is 10.2. The van der Waals surface area contributed by atoms with E-state index < -0.39 is 5.97 Å². The Morgan fingerprint density at radius 3 is 2.59 bits per heavy atom. The Kier molecular flexibility index (Phi) is 8.12. The Hall–Kier alpha value is -0.650. The van der Waals surface area contributed by atoms with E-state index in [2.05, 4.69) is 0 Å². The second kappa shape index (κ2) is 8.44. The van der Waals surface area contributed by atoms with E-state index in [1.54, 1.807) is 0 Å². The highest BCUT2D eigenvalue weighted by Crippen LogP contribution is 2.15. The van der Waals surface area contributed by atoms with E-state index in [9.17, 15) is 4.79 Å². The Labute approximate surface area is 103 Å². The third-order valence-corrected chi connectivity index (χ3v) is 2.48. The summed E-state index contributed by atoms with van der Waals surface area (Å²) in [5.41, 5.74) is 5.12. The Morgan fingerprint density at radius 1 is 1.41 bits per heavy atom.